The number of fused-ring (bicyclic) bond motifs is 2. The van der Waals surface area contributed by atoms with Crippen LogP contribution in [0.15, 0.2) is 45.8 Å². The minimum atomic E-state index is -4.32. The third kappa shape index (κ3) is 5.48. The van der Waals surface area contributed by atoms with Crippen LogP contribution in [0.1, 0.15) is 24.8 Å². The smallest absolute Gasteiger partial charge is 0.340 e. The van der Waals surface area contributed by atoms with Crippen LogP contribution in [0.2, 0.25) is 0 Å². The maximum absolute atomic E-state index is 13.4. The Bertz CT molecular complexity index is 829. The number of hydrogen-bond donors (Lipinski definition) is 1. The van der Waals surface area contributed by atoms with Gasteiger partial charge in [0.1, 0.15) is 0 Å². The van der Waals surface area contributed by atoms with Gasteiger partial charge in [0, 0.05) is 55.6 Å². The maximum Gasteiger partial charge on any atom is 0.416 e. The van der Waals surface area contributed by atoms with Crippen LogP contribution < -0.4 is 10.2 Å². The molecule has 0 saturated carbocycles. The second-order valence-corrected chi connectivity index (χ2v) is 9.39. The summed E-state index contributed by atoms with van der Waals surface area (Å²) in [5.41, 5.74) is 1.21. The van der Waals surface area contributed by atoms with Gasteiger partial charge in [0.15, 0.2) is 0 Å². The van der Waals surface area contributed by atoms with Gasteiger partial charge in [-0.1, -0.05) is 23.9 Å². The first-order chi connectivity index (χ1) is 15.0. The zero-order chi connectivity index (χ0) is 21.8. The lowest BCUT2D eigenvalue weighted by Crippen LogP contribution is -2.48. The fourth-order valence-electron chi connectivity index (χ4n) is 4.42. The normalized spacial score (nSPS) is 20.2. The quantitative estimate of drug-likeness (QED) is 0.660. The van der Waals surface area contributed by atoms with E-state index in [1.54, 1.807) is 17.8 Å². The van der Waals surface area contributed by atoms with Gasteiger partial charge in [-0.15, -0.1) is 0 Å². The first-order valence-corrected chi connectivity index (χ1v) is 11.9. The lowest BCUT2D eigenvalue weighted by Gasteiger charge is -2.38. The molecule has 8 heteroatoms. The highest BCUT2D eigenvalue weighted by atomic mass is 32.2. The zero-order valence-corrected chi connectivity index (χ0v) is 18.9. The minimum absolute atomic E-state index is 0.571. The zero-order valence-electron chi connectivity index (χ0n) is 18.0. The molecule has 2 aliphatic heterocycles. The lowest BCUT2D eigenvalue weighted by molar-refractivity contribution is -0.137. The molecule has 4 nitrogen and oxygen atoms in total. The highest BCUT2D eigenvalue weighted by molar-refractivity contribution is 8.03. The number of benzene rings is 1. The van der Waals surface area contributed by atoms with Gasteiger partial charge < -0.3 is 15.1 Å². The number of hydrogen-bond acceptors (Lipinski definition) is 5. The van der Waals surface area contributed by atoms with E-state index in [1.165, 1.54) is 17.0 Å². The molecule has 1 N–H and O–H groups in total. The Morgan fingerprint density at radius 1 is 0.968 bits per heavy atom. The summed E-state index contributed by atoms with van der Waals surface area (Å²) in [7, 11) is 1.98. The molecule has 3 aliphatic rings. The predicted octanol–water partition coefficient (Wildman–Crippen LogP) is 4.41. The molecule has 2 heterocycles. The predicted molar refractivity (Wildman–Crippen MR) is 121 cm³/mol. The van der Waals surface area contributed by atoms with E-state index in [1.807, 2.05) is 7.05 Å². The average molecular weight is 453 g/mol. The van der Waals surface area contributed by atoms with E-state index in [4.69, 9.17) is 0 Å². The number of rotatable bonds is 7. The Kier molecular flexibility index (Phi) is 7.31. The molecule has 0 atom stereocenters. The highest BCUT2D eigenvalue weighted by Crippen LogP contribution is 2.49. The number of piperazine rings is 1. The molecule has 0 spiro atoms. The largest absolute Gasteiger partial charge is 0.416 e. The SMILES string of the molecule is CNCCN1CCN(CCCN2C3=CCCC=C3Sc3ccc(C(F)(F)F)cc32)CC1. The summed E-state index contributed by atoms with van der Waals surface area (Å²) in [6.07, 6.45) is 2.95. The first kappa shape index (κ1) is 22.7. The van der Waals surface area contributed by atoms with Crippen molar-refractivity contribution in [3.05, 3.63) is 46.5 Å². The summed E-state index contributed by atoms with van der Waals surface area (Å²) in [4.78, 5) is 9.17. The maximum atomic E-state index is 13.4. The molecular formula is C23H31F3N4S. The first-order valence-electron chi connectivity index (χ1n) is 11.1. The molecule has 170 valence electrons. The van der Waals surface area contributed by atoms with Crippen LogP contribution in [0.25, 0.3) is 0 Å². The number of halogens is 3. The highest BCUT2D eigenvalue weighted by Gasteiger charge is 2.34. The topological polar surface area (TPSA) is 21.8 Å². The van der Waals surface area contributed by atoms with Crippen molar-refractivity contribution in [2.24, 2.45) is 0 Å². The summed E-state index contributed by atoms with van der Waals surface area (Å²) in [6, 6.07) is 4.16. The number of alkyl halides is 3. The molecule has 1 aromatic rings. The average Bonchev–Trinajstić information content (AvgIpc) is 2.77. The number of allylic oxidation sites excluding steroid dienone is 2. The Morgan fingerprint density at radius 2 is 1.68 bits per heavy atom. The Labute approximate surface area is 187 Å². The fraction of sp³-hybridized carbons (Fsp3) is 0.565. The van der Waals surface area contributed by atoms with E-state index in [0.717, 1.165) is 82.2 Å². The van der Waals surface area contributed by atoms with Crippen LogP contribution in [-0.2, 0) is 6.18 Å². The van der Waals surface area contributed by atoms with E-state index >= 15 is 0 Å². The van der Waals surface area contributed by atoms with Crippen molar-refractivity contribution in [1.82, 2.24) is 15.1 Å². The van der Waals surface area contributed by atoms with Crippen molar-refractivity contribution in [3.63, 3.8) is 0 Å². The van der Waals surface area contributed by atoms with Gasteiger partial charge in [0.2, 0.25) is 0 Å². The van der Waals surface area contributed by atoms with Crippen molar-refractivity contribution in [2.75, 3.05) is 64.3 Å². The molecule has 1 aliphatic carbocycles. The monoisotopic (exact) mass is 452 g/mol. The van der Waals surface area contributed by atoms with E-state index in [-0.39, 0.29) is 0 Å². The number of nitrogens with zero attached hydrogens (tertiary/aromatic N) is 3. The Balaban J connectivity index is 1.42. The molecule has 1 fully saturated rings. The van der Waals surface area contributed by atoms with Crippen LogP contribution in [0.4, 0.5) is 18.9 Å². The fourth-order valence-corrected chi connectivity index (χ4v) is 5.56. The molecular weight excluding hydrogens is 421 g/mol. The summed E-state index contributed by atoms with van der Waals surface area (Å²) >= 11 is 1.59. The van der Waals surface area contributed by atoms with E-state index in [2.05, 4.69) is 32.2 Å². The molecule has 1 aromatic carbocycles. The van der Waals surface area contributed by atoms with Gasteiger partial charge in [-0.05, 0) is 51.1 Å². The Hall–Kier alpha value is -1.48. The number of thioether (sulfide) groups is 1. The molecule has 0 unspecified atom stereocenters. The second kappa shape index (κ2) is 9.98. The molecule has 0 bridgehead atoms. The van der Waals surface area contributed by atoms with Gasteiger partial charge >= 0.3 is 6.18 Å². The van der Waals surface area contributed by atoms with Gasteiger partial charge in [-0.2, -0.15) is 13.2 Å². The molecule has 0 amide bonds. The number of anilines is 1. The van der Waals surface area contributed by atoms with Gasteiger partial charge in [0.25, 0.3) is 0 Å². The van der Waals surface area contributed by atoms with Crippen LogP contribution in [0, 0.1) is 0 Å². The van der Waals surface area contributed by atoms with Crippen LogP contribution in [0.3, 0.4) is 0 Å². The van der Waals surface area contributed by atoms with Gasteiger partial charge in [0.05, 0.1) is 16.9 Å². The van der Waals surface area contributed by atoms with E-state index < -0.39 is 11.7 Å². The lowest BCUT2D eigenvalue weighted by atomic mass is 10.1. The van der Waals surface area contributed by atoms with E-state index in [9.17, 15) is 13.2 Å². The van der Waals surface area contributed by atoms with Crippen LogP contribution >= 0.6 is 11.8 Å². The van der Waals surface area contributed by atoms with Crippen LogP contribution in [0.5, 0.6) is 0 Å². The van der Waals surface area contributed by atoms with E-state index in [0.29, 0.717) is 5.69 Å². The molecule has 31 heavy (non-hydrogen) atoms. The van der Waals surface area contributed by atoms with Gasteiger partial charge in [-0.25, -0.2) is 0 Å². The van der Waals surface area contributed by atoms with Crippen molar-refractivity contribution >= 4 is 17.4 Å². The number of likely N-dealkylation sites (N-methyl/N-ethyl adjacent to an activating group) is 1. The standard InChI is InChI=1S/C23H31F3N4S/c1-27-9-12-29-15-13-28(14-16-29)10-4-11-30-19-5-2-3-6-21(19)31-22-8-7-18(17-20(22)30)23(24,25)26/h5-8,17,27H,2-4,9-16H2,1H3. The van der Waals surface area contributed by atoms with Crippen molar-refractivity contribution in [3.8, 4) is 0 Å². The van der Waals surface area contributed by atoms with Crippen molar-refractivity contribution in [2.45, 2.75) is 30.3 Å². The number of nitrogens with one attached hydrogen (secondary N) is 1. The Morgan fingerprint density at radius 3 is 2.39 bits per heavy atom. The third-order valence-corrected chi connectivity index (χ3v) is 7.33. The van der Waals surface area contributed by atoms with Crippen molar-refractivity contribution < 1.29 is 13.2 Å². The second-order valence-electron chi connectivity index (χ2n) is 8.31. The molecule has 1 saturated heterocycles. The van der Waals surface area contributed by atoms with Crippen molar-refractivity contribution in [1.29, 1.82) is 0 Å². The summed E-state index contributed by atoms with van der Waals surface area (Å²) < 4.78 is 40.1. The third-order valence-electron chi connectivity index (χ3n) is 6.17. The molecule has 4 rings (SSSR count). The summed E-state index contributed by atoms with van der Waals surface area (Å²) in [5.74, 6) is 0. The molecule has 0 radical (unpaired) electrons. The summed E-state index contributed by atoms with van der Waals surface area (Å²) in [6.45, 7) is 8.08. The summed E-state index contributed by atoms with van der Waals surface area (Å²) in [5, 5.41) is 3.20. The van der Waals surface area contributed by atoms with Gasteiger partial charge in [-0.3, -0.25) is 4.90 Å². The minimum Gasteiger partial charge on any atom is -0.340 e. The van der Waals surface area contributed by atoms with Crippen LogP contribution in [-0.4, -0.2) is 69.2 Å². The molecule has 0 aromatic heterocycles.